The lowest BCUT2D eigenvalue weighted by atomic mass is 9.72. The highest BCUT2D eigenvalue weighted by Crippen LogP contribution is 2.36. The molecular formula is C25H27N3O5. The molecule has 0 bridgehead atoms. The number of anilines is 1. The van der Waals surface area contributed by atoms with Gasteiger partial charge in [0.15, 0.2) is 11.5 Å². The number of carbonyl (C=O) groups excluding carboxylic acids is 3. The number of carbonyl (C=O) groups is 3. The number of nitrogens with zero attached hydrogens (tertiary/aromatic N) is 1. The first kappa shape index (κ1) is 22.4. The van der Waals surface area contributed by atoms with Gasteiger partial charge < -0.3 is 25.0 Å². The Balaban J connectivity index is 1.41. The Labute approximate surface area is 192 Å². The normalized spacial score (nSPS) is 16.4. The van der Waals surface area contributed by atoms with Crippen molar-refractivity contribution in [2.45, 2.75) is 18.3 Å². The van der Waals surface area contributed by atoms with Crippen molar-refractivity contribution in [3.05, 3.63) is 66.7 Å². The molecule has 2 heterocycles. The van der Waals surface area contributed by atoms with Crippen LogP contribution in [0.1, 0.15) is 18.4 Å². The molecule has 3 amide bonds. The monoisotopic (exact) mass is 449 g/mol. The summed E-state index contributed by atoms with van der Waals surface area (Å²) in [6.45, 7) is 5.20. The molecule has 172 valence electrons. The molecule has 0 saturated carbocycles. The van der Waals surface area contributed by atoms with E-state index in [9.17, 15) is 14.4 Å². The highest BCUT2D eigenvalue weighted by atomic mass is 16.6. The average Bonchev–Trinajstić information content (AvgIpc) is 2.87. The van der Waals surface area contributed by atoms with Crippen LogP contribution in [0, 0.1) is 0 Å². The maximum atomic E-state index is 13.4. The zero-order valence-corrected chi connectivity index (χ0v) is 18.3. The van der Waals surface area contributed by atoms with Crippen LogP contribution in [0.15, 0.2) is 61.2 Å². The largest absolute Gasteiger partial charge is 0.486 e. The third kappa shape index (κ3) is 4.84. The first-order valence-electron chi connectivity index (χ1n) is 11.0. The fourth-order valence-electron chi connectivity index (χ4n) is 4.30. The van der Waals surface area contributed by atoms with Gasteiger partial charge in [-0.3, -0.25) is 14.4 Å². The number of likely N-dealkylation sites (tertiary alicyclic amines) is 1. The third-order valence-corrected chi connectivity index (χ3v) is 6.10. The van der Waals surface area contributed by atoms with E-state index in [0.29, 0.717) is 56.3 Å². The smallest absolute Gasteiger partial charge is 0.245 e. The second-order valence-electron chi connectivity index (χ2n) is 8.07. The molecular weight excluding hydrogens is 422 g/mol. The average molecular weight is 450 g/mol. The van der Waals surface area contributed by atoms with Gasteiger partial charge >= 0.3 is 0 Å². The molecule has 1 fully saturated rings. The Morgan fingerprint density at radius 2 is 1.70 bits per heavy atom. The molecule has 0 radical (unpaired) electrons. The lowest BCUT2D eigenvalue weighted by Crippen LogP contribution is -2.53. The van der Waals surface area contributed by atoms with Crippen LogP contribution >= 0.6 is 0 Å². The van der Waals surface area contributed by atoms with Gasteiger partial charge in [0, 0.05) is 24.8 Å². The minimum absolute atomic E-state index is 0.143. The van der Waals surface area contributed by atoms with E-state index in [4.69, 9.17) is 9.47 Å². The molecule has 8 nitrogen and oxygen atoms in total. The molecule has 2 aliphatic heterocycles. The molecule has 2 aromatic carbocycles. The molecule has 0 spiro atoms. The Morgan fingerprint density at radius 3 is 2.39 bits per heavy atom. The van der Waals surface area contributed by atoms with Crippen LogP contribution in [0.4, 0.5) is 5.69 Å². The van der Waals surface area contributed by atoms with E-state index < -0.39 is 5.41 Å². The number of amides is 3. The van der Waals surface area contributed by atoms with Gasteiger partial charge in [0.2, 0.25) is 17.7 Å². The molecule has 1 saturated heterocycles. The van der Waals surface area contributed by atoms with Crippen molar-refractivity contribution in [1.82, 2.24) is 10.2 Å². The van der Waals surface area contributed by atoms with E-state index in [1.165, 1.54) is 6.08 Å². The van der Waals surface area contributed by atoms with Gasteiger partial charge in [-0.15, -0.1) is 0 Å². The van der Waals surface area contributed by atoms with Gasteiger partial charge in [-0.2, -0.15) is 0 Å². The molecule has 0 aromatic heterocycles. The predicted molar refractivity (Wildman–Crippen MR) is 123 cm³/mol. The Kier molecular flexibility index (Phi) is 6.63. The van der Waals surface area contributed by atoms with E-state index in [2.05, 4.69) is 17.2 Å². The summed E-state index contributed by atoms with van der Waals surface area (Å²) in [6, 6.07) is 14.7. The molecule has 0 unspecified atom stereocenters. The van der Waals surface area contributed by atoms with Gasteiger partial charge in [0.1, 0.15) is 13.2 Å². The van der Waals surface area contributed by atoms with Crippen molar-refractivity contribution >= 4 is 23.4 Å². The standard InChI is InChI=1S/C25H27N3O5/c1-2-23(30)28-12-10-25(11-13-28,18-6-4-3-5-7-18)24(31)26-17-22(29)27-19-8-9-20-21(16-19)33-15-14-32-20/h2-9,16H,1,10-15,17H2,(H,26,31)(H,27,29). The summed E-state index contributed by atoms with van der Waals surface area (Å²) < 4.78 is 11.0. The lowest BCUT2D eigenvalue weighted by Gasteiger charge is -2.40. The highest BCUT2D eigenvalue weighted by molar-refractivity contribution is 5.97. The lowest BCUT2D eigenvalue weighted by molar-refractivity contribution is -0.134. The van der Waals surface area contributed by atoms with E-state index >= 15 is 0 Å². The molecule has 2 aliphatic rings. The molecule has 2 N–H and O–H groups in total. The van der Waals surface area contributed by atoms with Crippen LogP contribution in [0.5, 0.6) is 11.5 Å². The van der Waals surface area contributed by atoms with Crippen LogP contribution in [0.3, 0.4) is 0 Å². The zero-order chi connectivity index (χ0) is 23.3. The first-order chi connectivity index (χ1) is 16.0. The number of piperidine rings is 1. The summed E-state index contributed by atoms with van der Waals surface area (Å²) in [7, 11) is 0. The number of benzene rings is 2. The van der Waals surface area contributed by atoms with Gasteiger partial charge in [0.05, 0.1) is 12.0 Å². The Hall–Kier alpha value is -3.81. The number of hydrogen-bond donors (Lipinski definition) is 2. The Morgan fingerprint density at radius 1 is 1.00 bits per heavy atom. The summed E-state index contributed by atoms with van der Waals surface area (Å²) in [4.78, 5) is 39.6. The van der Waals surface area contributed by atoms with E-state index in [1.807, 2.05) is 30.3 Å². The minimum atomic E-state index is -0.809. The zero-order valence-electron chi connectivity index (χ0n) is 18.3. The quantitative estimate of drug-likeness (QED) is 0.660. The first-order valence-corrected chi connectivity index (χ1v) is 11.0. The Bertz CT molecular complexity index is 1050. The summed E-state index contributed by atoms with van der Waals surface area (Å²) in [5.74, 6) is 0.501. The minimum Gasteiger partial charge on any atom is -0.486 e. The number of ether oxygens (including phenoxy) is 2. The summed E-state index contributed by atoms with van der Waals surface area (Å²) >= 11 is 0. The summed E-state index contributed by atoms with van der Waals surface area (Å²) in [6.07, 6.45) is 2.22. The van der Waals surface area contributed by atoms with E-state index in [1.54, 1.807) is 23.1 Å². The summed E-state index contributed by atoms with van der Waals surface area (Å²) in [5.41, 5.74) is 0.629. The summed E-state index contributed by atoms with van der Waals surface area (Å²) in [5, 5.41) is 5.58. The van der Waals surface area contributed by atoms with Crippen LogP contribution in [-0.4, -0.2) is 55.5 Å². The molecule has 0 aliphatic carbocycles. The molecule has 33 heavy (non-hydrogen) atoms. The number of rotatable bonds is 6. The number of hydrogen-bond acceptors (Lipinski definition) is 5. The van der Waals surface area contributed by atoms with Crippen molar-refractivity contribution in [3.63, 3.8) is 0 Å². The SMILES string of the molecule is C=CC(=O)N1CCC(C(=O)NCC(=O)Nc2ccc3c(c2)OCCO3)(c2ccccc2)CC1. The van der Waals surface area contributed by atoms with Crippen molar-refractivity contribution in [2.75, 3.05) is 38.2 Å². The third-order valence-electron chi connectivity index (χ3n) is 6.10. The second kappa shape index (κ2) is 9.77. The number of fused-ring (bicyclic) bond motifs is 1. The highest BCUT2D eigenvalue weighted by Gasteiger charge is 2.43. The maximum absolute atomic E-state index is 13.4. The van der Waals surface area contributed by atoms with Crippen molar-refractivity contribution < 1.29 is 23.9 Å². The molecule has 4 rings (SSSR count). The topological polar surface area (TPSA) is 97.0 Å². The maximum Gasteiger partial charge on any atom is 0.245 e. The fraction of sp³-hybridized carbons (Fsp3) is 0.320. The van der Waals surface area contributed by atoms with E-state index in [-0.39, 0.29) is 24.3 Å². The fourth-order valence-corrected chi connectivity index (χ4v) is 4.30. The van der Waals surface area contributed by atoms with E-state index in [0.717, 1.165) is 5.56 Å². The van der Waals surface area contributed by atoms with Crippen molar-refractivity contribution in [3.8, 4) is 11.5 Å². The second-order valence-corrected chi connectivity index (χ2v) is 8.07. The predicted octanol–water partition coefficient (Wildman–Crippen LogP) is 2.26. The van der Waals surface area contributed by atoms with Crippen LogP contribution in [-0.2, 0) is 19.8 Å². The van der Waals surface area contributed by atoms with Crippen LogP contribution in [0.25, 0.3) is 0 Å². The molecule has 8 heteroatoms. The molecule has 0 atom stereocenters. The van der Waals surface area contributed by atoms with Crippen molar-refractivity contribution in [2.24, 2.45) is 0 Å². The van der Waals surface area contributed by atoms with Crippen LogP contribution in [0.2, 0.25) is 0 Å². The van der Waals surface area contributed by atoms with Crippen molar-refractivity contribution in [1.29, 1.82) is 0 Å². The molecule has 2 aromatic rings. The van der Waals surface area contributed by atoms with Gasteiger partial charge in [-0.25, -0.2) is 0 Å². The number of nitrogens with one attached hydrogen (secondary N) is 2. The van der Waals surface area contributed by atoms with Crippen LogP contribution < -0.4 is 20.1 Å². The van der Waals surface area contributed by atoms with Gasteiger partial charge in [-0.05, 0) is 36.6 Å². The van der Waals surface area contributed by atoms with Gasteiger partial charge in [0.25, 0.3) is 0 Å². The van der Waals surface area contributed by atoms with Gasteiger partial charge in [-0.1, -0.05) is 36.9 Å².